The molecular formula is C4H8N2O2S3. The average Bonchev–Trinajstić information content (AvgIpc) is 2.24. The van der Waals surface area contributed by atoms with Gasteiger partial charge in [0.25, 0.3) is 0 Å². The van der Waals surface area contributed by atoms with Crippen molar-refractivity contribution < 1.29 is 10.2 Å². The van der Waals surface area contributed by atoms with Crippen LogP contribution >= 0.6 is 35.9 Å². The summed E-state index contributed by atoms with van der Waals surface area (Å²) in [5, 5.41) is 19.5. The molecule has 1 aliphatic rings. The molecule has 0 aromatic carbocycles. The third-order valence-corrected chi connectivity index (χ3v) is 3.39. The lowest BCUT2D eigenvalue weighted by atomic mass is 11.0. The van der Waals surface area contributed by atoms with Crippen molar-refractivity contribution in [3.8, 4) is 0 Å². The van der Waals surface area contributed by atoms with E-state index in [2.05, 4.69) is 0 Å². The second-order valence-corrected chi connectivity index (χ2v) is 4.16. The van der Waals surface area contributed by atoms with E-state index >= 15 is 0 Å². The molecule has 1 aliphatic heterocycles. The largest absolute Gasteiger partial charge is 0.375 e. The molecule has 0 bridgehead atoms. The van der Waals surface area contributed by atoms with E-state index in [0.29, 0.717) is 4.32 Å². The van der Waals surface area contributed by atoms with Crippen LogP contribution in [-0.2, 0) is 0 Å². The number of thioether (sulfide) groups is 1. The quantitative estimate of drug-likeness (QED) is 0.495. The molecule has 1 heterocycles. The fraction of sp³-hybridized carbons (Fsp3) is 0.750. The van der Waals surface area contributed by atoms with Gasteiger partial charge in [-0.3, -0.25) is 5.01 Å². The first-order valence-corrected chi connectivity index (χ1v) is 5.28. The number of aliphatic hydroxyl groups is 2. The van der Waals surface area contributed by atoms with E-state index in [-0.39, 0.29) is 6.73 Å². The van der Waals surface area contributed by atoms with E-state index in [4.69, 9.17) is 17.3 Å². The first-order chi connectivity index (χ1) is 5.20. The maximum Gasteiger partial charge on any atom is 0.189 e. The molecule has 1 unspecified atom stereocenters. The van der Waals surface area contributed by atoms with Crippen molar-refractivity contribution in [2.75, 3.05) is 13.0 Å². The number of aliphatic hydroxyl groups excluding tert-OH is 2. The Morgan fingerprint density at radius 3 is 2.82 bits per heavy atom. The van der Waals surface area contributed by atoms with Gasteiger partial charge in [-0.05, 0) is 18.0 Å². The van der Waals surface area contributed by atoms with Gasteiger partial charge in [-0.1, -0.05) is 24.2 Å². The minimum atomic E-state index is -0.676. The third kappa shape index (κ3) is 1.79. The van der Waals surface area contributed by atoms with E-state index in [9.17, 15) is 5.11 Å². The van der Waals surface area contributed by atoms with Gasteiger partial charge in [0.1, 0.15) is 6.73 Å². The van der Waals surface area contributed by atoms with Crippen LogP contribution in [-0.4, -0.2) is 42.5 Å². The number of hydrazine groups is 1. The summed E-state index contributed by atoms with van der Waals surface area (Å²) in [4.78, 5) is 0. The van der Waals surface area contributed by atoms with Crippen molar-refractivity contribution in [1.29, 1.82) is 0 Å². The Bertz CT molecular complexity index is 167. The highest BCUT2D eigenvalue weighted by molar-refractivity contribution is 8.23. The van der Waals surface area contributed by atoms with Gasteiger partial charge in [0.15, 0.2) is 9.88 Å². The molecule has 0 radical (unpaired) electrons. The molecule has 0 aromatic rings. The number of hydrogen-bond acceptors (Lipinski definition) is 6. The summed E-state index contributed by atoms with van der Waals surface area (Å²) in [5.41, 5.74) is -0.676. The van der Waals surface area contributed by atoms with Gasteiger partial charge in [0, 0.05) is 0 Å². The van der Waals surface area contributed by atoms with E-state index in [1.165, 1.54) is 21.4 Å². The van der Waals surface area contributed by atoms with Crippen molar-refractivity contribution >= 4 is 40.2 Å². The van der Waals surface area contributed by atoms with Crippen molar-refractivity contribution in [3.05, 3.63) is 0 Å². The highest BCUT2D eigenvalue weighted by Gasteiger charge is 2.33. The van der Waals surface area contributed by atoms with Crippen LogP contribution in [0.3, 0.4) is 0 Å². The number of rotatable bonds is 2. The molecule has 1 fully saturated rings. The predicted molar refractivity (Wildman–Crippen MR) is 50.5 cm³/mol. The predicted octanol–water partition coefficient (Wildman–Crippen LogP) is 0.0408. The van der Waals surface area contributed by atoms with Crippen LogP contribution in [0.1, 0.15) is 0 Å². The Morgan fingerprint density at radius 2 is 2.45 bits per heavy atom. The SMILES string of the molecule is CSN1C(O)SC(=S)N1CO. The molecule has 0 spiro atoms. The number of thiocarbonyl (C=S) groups is 1. The monoisotopic (exact) mass is 212 g/mol. The molecule has 2 N–H and O–H groups in total. The zero-order chi connectivity index (χ0) is 8.43. The lowest BCUT2D eigenvalue weighted by molar-refractivity contribution is 0.000175. The van der Waals surface area contributed by atoms with Gasteiger partial charge in [-0.15, -0.1) is 4.41 Å². The van der Waals surface area contributed by atoms with Crippen molar-refractivity contribution in [2.45, 2.75) is 5.56 Å². The van der Waals surface area contributed by atoms with Crippen LogP contribution in [0.5, 0.6) is 0 Å². The summed E-state index contributed by atoms with van der Waals surface area (Å²) >= 11 is 7.34. The Morgan fingerprint density at radius 1 is 1.82 bits per heavy atom. The molecule has 1 saturated heterocycles. The second kappa shape index (κ2) is 3.92. The van der Waals surface area contributed by atoms with Gasteiger partial charge in [0.05, 0.1) is 0 Å². The minimum Gasteiger partial charge on any atom is -0.375 e. The Labute approximate surface area is 78.6 Å². The maximum atomic E-state index is 9.29. The highest BCUT2D eigenvalue weighted by atomic mass is 32.2. The Hall–Kier alpha value is 0.470. The van der Waals surface area contributed by atoms with Crippen LogP contribution in [0.25, 0.3) is 0 Å². The van der Waals surface area contributed by atoms with Gasteiger partial charge >= 0.3 is 0 Å². The number of hydrogen-bond donors (Lipinski definition) is 2. The normalized spacial score (nSPS) is 26.6. The summed E-state index contributed by atoms with van der Waals surface area (Å²) in [7, 11) is 0. The van der Waals surface area contributed by atoms with Crippen molar-refractivity contribution in [1.82, 2.24) is 9.42 Å². The zero-order valence-electron chi connectivity index (χ0n) is 5.80. The van der Waals surface area contributed by atoms with Gasteiger partial charge < -0.3 is 10.2 Å². The van der Waals surface area contributed by atoms with E-state index in [1.54, 1.807) is 6.26 Å². The topological polar surface area (TPSA) is 46.9 Å². The van der Waals surface area contributed by atoms with E-state index < -0.39 is 5.56 Å². The Kier molecular flexibility index (Phi) is 3.41. The summed E-state index contributed by atoms with van der Waals surface area (Å²) < 4.78 is 2.02. The second-order valence-electron chi connectivity index (χ2n) is 1.74. The lowest BCUT2D eigenvalue weighted by Gasteiger charge is -2.24. The third-order valence-electron chi connectivity index (χ3n) is 1.16. The van der Waals surface area contributed by atoms with Gasteiger partial charge in [0.2, 0.25) is 0 Å². The molecule has 7 heteroatoms. The summed E-state index contributed by atoms with van der Waals surface area (Å²) in [6.07, 6.45) is 1.81. The smallest absolute Gasteiger partial charge is 0.189 e. The molecule has 0 amide bonds. The standard InChI is InChI=1S/C4H8N2O2S3/c1-10-6-3(8)11-4(9)5(6)2-7/h3,7-8H,2H2,1H3. The molecule has 1 rings (SSSR count). The fourth-order valence-corrected chi connectivity index (χ4v) is 2.76. The fourth-order valence-electron chi connectivity index (χ4n) is 0.705. The van der Waals surface area contributed by atoms with Gasteiger partial charge in [-0.25, -0.2) is 0 Å². The Balaban J connectivity index is 2.66. The van der Waals surface area contributed by atoms with Crippen molar-refractivity contribution in [3.63, 3.8) is 0 Å². The summed E-state index contributed by atoms with van der Waals surface area (Å²) in [6.45, 7) is -0.191. The van der Waals surface area contributed by atoms with Crippen molar-refractivity contribution in [2.24, 2.45) is 0 Å². The van der Waals surface area contributed by atoms with Crippen LogP contribution in [0.2, 0.25) is 0 Å². The van der Waals surface area contributed by atoms with Crippen LogP contribution in [0.15, 0.2) is 0 Å². The van der Waals surface area contributed by atoms with Crippen LogP contribution < -0.4 is 0 Å². The van der Waals surface area contributed by atoms with Crippen LogP contribution in [0, 0.1) is 0 Å². The average molecular weight is 212 g/mol. The zero-order valence-corrected chi connectivity index (χ0v) is 8.25. The van der Waals surface area contributed by atoms with E-state index in [1.807, 2.05) is 0 Å². The van der Waals surface area contributed by atoms with Crippen LogP contribution in [0.4, 0.5) is 0 Å². The highest BCUT2D eigenvalue weighted by Crippen LogP contribution is 2.32. The van der Waals surface area contributed by atoms with E-state index in [0.717, 1.165) is 11.8 Å². The molecule has 1 atom stereocenters. The molecule has 4 nitrogen and oxygen atoms in total. The lowest BCUT2D eigenvalue weighted by Crippen LogP contribution is -2.37. The number of nitrogens with zero attached hydrogens (tertiary/aromatic N) is 2. The first-order valence-electron chi connectivity index (χ1n) is 2.81. The first kappa shape index (κ1) is 9.56. The molecule has 0 aliphatic carbocycles. The molecular weight excluding hydrogens is 204 g/mol. The molecule has 64 valence electrons. The summed E-state index contributed by atoms with van der Waals surface area (Å²) in [6, 6.07) is 0. The molecule has 0 aromatic heterocycles. The molecule has 0 saturated carbocycles. The minimum absolute atomic E-state index is 0.191. The molecule has 11 heavy (non-hydrogen) atoms. The maximum absolute atomic E-state index is 9.29. The van der Waals surface area contributed by atoms with Gasteiger partial charge in [-0.2, -0.15) is 0 Å². The summed E-state index contributed by atoms with van der Waals surface area (Å²) in [5.74, 6) is 0.